The third-order valence-electron chi connectivity index (χ3n) is 3.42. The molecular weight excluding hydrogens is 294 g/mol. The van der Waals surface area contributed by atoms with Crippen LogP contribution in [0.1, 0.15) is 19.0 Å². The van der Waals surface area contributed by atoms with Gasteiger partial charge < -0.3 is 9.88 Å². The molecule has 0 saturated carbocycles. The molecule has 2 rings (SSSR count). The maximum atomic E-state index is 12.6. The van der Waals surface area contributed by atoms with Crippen LogP contribution in [0.15, 0.2) is 17.2 Å². The normalized spacial score (nSPS) is 17.5. The summed E-state index contributed by atoms with van der Waals surface area (Å²) in [6.45, 7) is 4.99. The Morgan fingerprint density at radius 1 is 1.35 bits per heavy atom. The Balaban J connectivity index is 2.13. The molecule has 0 bridgehead atoms. The molecule has 114 valence electrons. The summed E-state index contributed by atoms with van der Waals surface area (Å²) in [6, 6.07) is 1.79. The van der Waals surface area contributed by atoms with Crippen molar-refractivity contribution in [3.63, 3.8) is 0 Å². The minimum absolute atomic E-state index is 0.417. The molecule has 0 atom stereocenters. The van der Waals surface area contributed by atoms with Crippen LogP contribution in [0.2, 0.25) is 0 Å². The SMILES string of the molecule is CCCNCc1cc(S(=O)(=O)N2CCSCC2)cn1C. The van der Waals surface area contributed by atoms with Gasteiger partial charge in [0.15, 0.2) is 0 Å². The summed E-state index contributed by atoms with van der Waals surface area (Å²) < 4.78 is 28.6. The molecule has 0 spiro atoms. The number of nitrogens with zero attached hydrogens (tertiary/aromatic N) is 2. The lowest BCUT2D eigenvalue weighted by Gasteiger charge is -2.24. The van der Waals surface area contributed by atoms with Gasteiger partial charge in [-0.3, -0.25) is 0 Å². The van der Waals surface area contributed by atoms with Crippen LogP contribution in [0.3, 0.4) is 0 Å². The summed E-state index contributed by atoms with van der Waals surface area (Å²) in [5.74, 6) is 1.77. The zero-order chi connectivity index (χ0) is 14.6. The van der Waals surface area contributed by atoms with Gasteiger partial charge in [0.05, 0.1) is 0 Å². The average Bonchev–Trinajstić information content (AvgIpc) is 2.82. The van der Waals surface area contributed by atoms with Crippen molar-refractivity contribution in [2.24, 2.45) is 7.05 Å². The van der Waals surface area contributed by atoms with Gasteiger partial charge in [0.1, 0.15) is 4.90 Å². The molecule has 0 unspecified atom stereocenters. The summed E-state index contributed by atoms with van der Waals surface area (Å²) in [5, 5.41) is 3.30. The molecule has 5 nitrogen and oxygen atoms in total. The molecule has 1 aromatic rings. The summed E-state index contributed by atoms with van der Waals surface area (Å²) in [5.41, 5.74) is 1.00. The van der Waals surface area contributed by atoms with Crippen molar-refractivity contribution < 1.29 is 8.42 Å². The number of aryl methyl sites for hydroxylation is 1. The molecule has 1 aliphatic rings. The van der Waals surface area contributed by atoms with E-state index in [1.54, 1.807) is 16.6 Å². The molecule has 20 heavy (non-hydrogen) atoms. The highest BCUT2D eigenvalue weighted by Gasteiger charge is 2.27. The first-order valence-electron chi connectivity index (χ1n) is 6.99. The van der Waals surface area contributed by atoms with Crippen molar-refractivity contribution in [2.75, 3.05) is 31.1 Å². The molecule has 1 fully saturated rings. The first-order valence-corrected chi connectivity index (χ1v) is 9.59. The minimum atomic E-state index is -3.32. The van der Waals surface area contributed by atoms with Crippen LogP contribution < -0.4 is 5.32 Å². The quantitative estimate of drug-likeness (QED) is 0.803. The van der Waals surface area contributed by atoms with Crippen LogP contribution in [-0.2, 0) is 23.6 Å². The largest absolute Gasteiger partial charge is 0.352 e. The summed E-state index contributed by atoms with van der Waals surface area (Å²) in [4.78, 5) is 0.417. The fourth-order valence-corrected chi connectivity index (χ4v) is 4.90. The third-order valence-corrected chi connectivity index (χ3v) is 6.23. The molecular formula is C13H23N3O2S2. The smallest absolute Gasteiger partial charge is 0.244 e. The zero-order valence-corrected chi connectivity index (χ0v) is 13.8. The van der Waals surface area contributed by atoms with Gasteiger partial charge in [0, 0.05) is 50.1 Å². The van der Waals surface area contributed by atoms with E-state index in [1.807, 2.05) is 23.4 Å². The summed E-state index contributed by atoms with van der Waals surface area (Å²) in [7, 11) is -1.43. The number of hydrogen-bond acceptors (Lipinski definition) is 4. The highest BCUT2D eigenvalue weighted by Crippen LogP contribution is 2.21. The molecule has 2 heterocycles. The highest BCUT2D eigenvalue weighted by molar-refractivity contribution is 7.99. The maximum absolute atomic E-state index is 12.6. The van der Waals surface area contributed by atoms with Crippen molar-refractivity contribution in [2.45, 2.75) is 24.8 Å². The van der Waals surface area contributed by atoms with E-state index in [-0.39, 0.29) is 0 Å². The number of rotatable bonds is 6. The Morgan fingerprint density at radius 2 is 2.05 bits per heavy atom. The van der Waals surface area contributed by atoms with Crippen molar-refractivity contribution >= 4 is 21.8 Å². The van der Waals surface area contributed by atoms with E-state index >= 15 is 0 Å². The Labute approximate surface area is 125 Å². The van der Waals surface area contributed by atoms with Crippen LogP contribution in [0.5, 0.6) is 0 Å². The monoisotopic (exact) mass is 317 g/mol. The van der Waals surface area contributed by atoms with Gasteiger partial charge in [-0.1, -0.05) is 6.92 Å². The van der Waals surface area contributed by atoms with E-state index in [0.717, 1.165) is 30.2 Å². The second-order valence-electron chi connectivity index (χ2n) is 4.97. The predicted octanol–water partition coefficient (Wildman–Crippen LogP) is 1.26. The fraction of sp³-hybridized carbons (Fsp3) is 0.692. The molecule has 1 saturated heterocycles. The van der Waals surface area contributed by atoms with E-state index in [1.165, 1.54) is 0 Å². The molecule has 0 radical (unpaired) electrons. The Morgan fingerprint density at radius 3 is 2.70 bits per heavy atom. The lowest BCUT2D eigenvalue weighted by atomic mass is 10.4. The number of nitrogens with one attached hydrogen (secondary N) is 1. The standard InChI is InChI=1S/C13H23N3O2S2/c1-3-4-14-10-12-9-13(11-15(12)2)20(17,18)16-5-7-19-8-6-16/h9,11,14H,3-8,10H2,1-2H3. The van der Waals surface area contributed by atoms with Crippen molar-refractivity contribution in [1.29, 1.82) is 0 Å². The van der Waals surface area contributed by atoms with Crippen LogP contribution in [0, 0.1) is 0 Å². The van der Waals surface area contributed by atoms with Crippen LogP contribution in [0.4, 0.5) is 0 Å². The van der Waals surface area contributed by atoms with Crippen LogP contribution in [-0.4, -0.2) is 48.4 Å². The second kappa shape index (κ2) is 6.98. The average molecular weight is 317 g/mol. The van der Waals surface area contributed by atoms with Gasteiger partial charge in [0.2, 0.25) is 10.0 Å². The lowest BCUT2D eigenvalue weighted by Crippen LogP contribution is -2.37. The second-order valence-corrected chi connectivity index (χ2v) is 8.13. The first-order chi connectivity index (χ1) is 9.55. The van der Waals surface area contributed by atoms with E-state index in [0.29, 0.717) is 24.5 Å². The number of thioether (sulfide) groups is 1. The highest BCUT2D eigenvalue weighted by atomic mass is 32.2. The van der Waals surface area contributed by atoms with Gasteiger partial charge in [-0.2, -0.15) is 16.1 Å². The fourth-order valence-electron chi connectivity index (χ4n) is 2.22. The van der Waals surface area contributed by atoms with Gasteiger partial charge in [-0.25, -0.2) is 8.42 Å². The zero-order valence-electron chi connectivity index (χ0n) is 12.1. The van der Waals surface area contributed by atoms with Crippen LogP contribution >= 0.6 is 11.8 Å². The maximum Gasteiger partial charge on any atom is 0.244 e. The van der Waals surface area contributed by atoms with E-state index in [9.17, 15) is 8.42 Å². The van der Waals surface area contributed by atoms with E-state index in [4.69, 9.17) is 0 Å². The Hall–Kier alpha value is -0.500. The molecule has 0 aliphatic carbocycles. The molecule has 1 aromatic heterocycles. The van der Waals surface area contributed by atoms with Crippen LogP contribution in [0.25, 0.3) is 0 Å². The minimum Gasteiger partial charge on any atom is -0.352 e. The summed E-state index contributed by atoms with van der Waals surface area (Å²) in [6.07, 6.45) is 2.79. The predicted molar refractivity (Wildman–Crippen MR) is 83.5 cm³/mol. The van der Waals surface area contributed by atoms with Crippen molar-refractivity contribution in [1.82, 2.24) is 14.2 Å². The van der Waals surface area contributed by atoms with E-state index in [2.05, 4.69) is 12.2 Å². The van der Waals surface area contributed by atoms with Gasteiger partial charge in [-0.05, 0) is 19.0 Å². The molecule has 1 N–H and O–H groups in total. The number of sulfonamides is 1. The Kier molecular flexibility index (Phi) is 5.54. The molecule has 1 aliphatic heterocycles. The van der Waals surface area contributed by atoms with Crippen molar-refractivity contribution in [3.8, 4) is 0 Å². The number of aromatic nitrogens is 1. The number of hydrogen-bond donors (Lipinski definition) is 1. The van der Waals surface area contributed by atoms with Crippen molar-refractivity contribution in [3.05, 3.63) is 18.0 Å². The molecule has 0 amide bonds. The third kappa shape index (κ3) is 3.58. The molecule has 7 heteroatoms. The van der Waals surface area contributed by atoms with E-state index < -0.39 is 10.0 Å². The Bertz CT molecular complexity index is 534. The van der Waals surface area contributed by atoms with Gasteiger partial charge in [-0.15, -0.1) is 0 Å². The first kappa shape index (κ1) is 15.9. The van der Waals surface area contributed by atoms with Gasteiger partial charge >= 0.3 is 0 Å². The lowest BCUT2D eigenvalue weighted by molar-refractivity contribution is 0.443. The topological polar surface area (TPSA) is 54.3 Å². The summed E-state index contributed by atoms with van der Waals surface area (Å²) >= 11 is 1.81. The van der Waals surface area contributed by atoms with Gasteiger partial charge in [0.25, 0.3) is 0 Å². The molecule has 0 aromatic carbocycles.